The van der Waals surface area contributed by atoms with Crippen molar-refractivity contribution in [2.45, 2.75) is 19.3 Å². The Morgan fingerprint density at radius 3 is 2.84 bits per heavy atom. The Morgan fingerprint density at radius 1 is 1.42 bits per heavy atom. The van der Waals surface area contributed by atoms with E-state index < -0.39 is 5.97 Å². The molecule has 0 radical (unpaired) electrons. The number of aromatic nitrogens is 1. The van der Waals surface area contributed by atoms with Gasteiger partial charge in [0.15, 0.2) is 0 Å². The van der Waals surface area contributed by atoms with Crippen LogP contribution in [0.3, 0.4) is 0 Å². The van der Waals surface area contributed by atoms with Gasteiger partial charge in [-0.1, -0.05) is 0 Å². The van der Waals surface area contributed by atoms with Gasteiger partial charge in [0.05, 0.1) is 0 Å². The Balaban J connectivity index is 1.90. The number of nitrogens with zero attached hydrogens (tertiary/aromatic N) is 1. The molecule has 0 bridgehead atoms. The number of hydrogen-bond acceptors (Lipinski definition) is 4. The predicted octanol–water partition coefficient (Wildman–Crippen LogP) is 2.25. The van der Waals surface area contributed by atoms with Crippen molar-refractivity contribution < 1.29 is 14.7 Å². The standard InChI is InChI=1S/C13H16N2O3S/c16-12(7-9-2-5-19-6-3-9)15-10-1-4-14-11(8-10)13(17)18/h1,4,8-9H,2-3,5-7H2,(H,17,18)(H,14,15,16). The Morgan fingerprint density at radius 2 is 2.16 bits per heavy atom. The van der Waals surface area contributed by atoms with Crippen LogP contribution in [0.5, 0.6) is 0 Å². The molecular formula is C13H16N2O3S. The fourth-order valence-corrected chi connectivity index (χ4v) is 3.25. The topological polar surface area (TPSA) is 79.3 Å². The van der Waals surface area contributed by atoms with Crippen LogP contribution in [0, 0.1) is 5.92 Å². The van der Waals surface area contributed by atoms with Gasteiger partial charge in [0.1, 0.15) is 5.69 Å². The van der Waals surface area contributed by atoms with Gasteiger partial charge in [0.2, 0.25) is 5.91 Å². The Kier molecular flexibility index (Phi) is 4.79. The number of amides is 1. The lowest BCUT2D eigenvalue weighted by Crippen LogP contribution is -2.19. The third-order valence-corrected chi connectivity index (χ3v) is 4.13. The second-order valence-electron chi connectivity index (χ2n) is 4.54. The van der Waals surface area contributed by atoms with Crippen molar-refractivity contribution in [3.05, 3.63) is 24.0 Å². The van der Waals surface area contributed by atoms with E-state index in [-0.39, 0.29) is 11.6 Å². The van der Waals surface area contributed by atoms with E-state index in [9.17, 15) is 9.59 Å². The van der Waals surface area contributed by atoms with Gasteiger partial charge < -0.3 is 10.4 Å². The number of carbonyl (C=O) groups excluding carboxylic acids is 1. The highest BCUT2D eigenvalue weighted by Gasteiger charge is 2.17. The fraction of sp³-hybridized carbons (Fsp3) is 0.462. The maximum Gasteiger partial charge on any atom is 0.354 e. The van der Waals surface area contributed by atoms with Crippen LogP contribution >= 0.6 is 11.8 Å². The summed E-state index contributed by atoms with van der Waals surface area (Å²) in [5.74, 6) is 1.54. The van der Waals surface area contributed by atoms with E-state index in [0.29, 0.717) is 18.0 Å². The van der Waals surface area contributed by atoms with Gasteiger partial charge in [0.25, 0.3) is 0 Å². The molecule has 0 atom stereocenters. The monoisotopic (exact) mass is 280 g/mol. The first-order valence-corrected chi connectivity index (χ1v) is 7.37. The molecule has 1 aliphatic rings. The van der Waals surface area contributed by atoms with E-state index in [1.165, 1.54) is 12.3 Å². The molecule has 1 fully saturated rings. The molecule has 0 unspecified atom stereocenters. The SMILES string of the molecule is O=C(CC1CCSCC1)Nc1ccnc(C(=O)O)c1. The van der Waals surface area contributed by atoms with E-state index in [1.807, 2.05) is 11.8 Å². The van der Waals surface area contributed by atoms with Gasteiger partial charge in [-0.2, -0.15) is 11.8 Å². The van der Waals surface area contributed by atoms with E-state index in [4.69, 9.17) is 5.11 Å². The molecule has 1 aliphatic heterocycles. The van der Waals surface area contributed by atoms with Gasteiger partial charge in [0, 0.05) is 18.3 Å². The molecule has 2 N–H and O–H groups in total. The molecule has 0 aromatic carbocycles. The third kappa shape index (κ3) is 4.24. The minimum absolute atomic E-state index is 0.0561. The van der Waals surface area contributed by atoms with Gasteiger partial charge in [-0.25, -0.2) is 9.78 Å². The molecule has 102 valence electrons. The highest BCUT2D eigenvalue weighted by Crippen LogP contribution is 2.25. The number of nitrogens with one attached hydrogen (secondary N) is 1. The molecule has 1 saturated heterocycles. The van der Waals surface area contributed by atoms with Crippen molar-refractivity contribution in [3.63, 3.8) is 0 Å². The van der Waals surface area contributed by atoms with Crippen molar-refractivity contribution in [1.29, 1.82) is 0 Å². The molecule has 1 aromatic rings. The molecule has 0 aliphatic carbocycles. The minimum Gasteiger partial charge on any atom is -0.477 e. The molecule has 2 rings (SSSR count). The molecule has 6 heteroatoms. The van der Waals surface area contributed by atoms with Gasteiger partial charge in [-0.15, -0.1) is 0 Å². The van der Waals surface area contributed by atoms with Crippen LogP contribution in [0.2, 0.25) is 0 Å². The zero-order chi connectivity index (χ0) is 13.7. The number of carboxylic acid groups (broad SMARTS) is 1. The number of anilines is 1. The quantitative estimate of drug-likeness (QED) is 0.884. The van der Waals surface area contributed by atoms with Crippen LogP contribution in [0.1, 0.15) is 29.8 Å². The molecule has 2 heterocycles. The summed E-state index contributed by atoms with van der Waals surface area (Å²) >= 11 is 1.93. The first-order valence-electron chi connectivity index (χ1n) is 6.22. The van der Waals surface area contributed by atoms with Crippen molar-refractivity contribution in [2.75, 3.05) is 16.8 Å². The van der Waals surface area contributed by atoms with Crippen LogP contribution in [0.4, 0.5) is 5.69 Å². The fourth-order valence-electron chi connectivity index (χ4n) is 2.05. The van der Waals surface area contributed by atoms with Crippen molar-refractivity contribution in [2.24, 2.45) is 5.92 Å². The maximum absolute atomic E-state index is 11.9. The second-order valence-corrected chi connectivity index (χ2v) is 5.77. The van der Waals surface area contributed by atoms with Crippen LogP contribution in [-0.2, 0) is 4.79 Å². The van der Waals surface area contributed by atoms with Crippen LogP contribution in [0.25, 0.3) is 0 Å². The average Bonchev–Trinajstić information content (AvgIpc) is 2.40. The molecule has 0 saturated carbocycles. The van der Waals surface area contributed by atoms with E-state index in [2.05, 4.69) is 10.3 Å². The molecule has 5 nitrogen and oxygen atoms in total. The van der Waals surface area contributed by atoms with Crippen LogP contribution in [0.15, 0.2) is 18.3 Å². The van der Waals surface area contributed by atoms with Crippen molar-refractivity contribution in [1.82, 2.24) is 4.98 Å². The number of carboxylic acids is 1. The average molecular weight is 280 g/mol. The Labute approximate surface area is 115 Å². The van der Waals surface area contributed by atoms with Crippen LogP contribution in [-0.4, -0.2) is 33.5 Å². The lowest BCUT2D eigenvalue weighted by molar-refractivity contribution is -0.117. The summed E-state index contributed by atoms with van der Waals surface area (Å²) in [5, 5.41) is 11.6. The zero-order valence-electron chi connectivity index (χ0n) is 10.5. The first kappa shape index (κ1) is 13.9. The highest BCUT2D eigenvalue weighted by molar-refractivity contribution is 7.99. The summed E-state index contributed by atoms with van der Waals surface area (Å²) in [5.41, 5.74) is 0.425. The number of thioether (sulfide) groups is 1. The van der Waals surface area contributed by atoms with Crippen LogP contribution < -0.4 is 5.32 Å². The number of aromatic carboxylic acids is 1. The Bertz CT molecular complexity index is 473. The van der Waals surface area contributed by atoms with Crippen molar-refractivity contribution >= 4 is 29.3 Å². The van der Waals surface area contributed by atoms with E-state index >= 15 is 0 Å². The maximum atomic E-state index is 11.9. The smallest absolute Gasteiger partial charge is 0.354 e. The van der Waals surface area contributed by atoms with E-state index in [0.717, 1.165) is 24.3 Å². The molecule has 19 heavy (non-hydrogen) atoms. The summed E-state index contributed by atoms with van der Waals surface area (Å²) in [6, 6.07) is 2.97. The van der Waals surface area contributed by atoms with E-state index in [1.54, 1.807) is 6.07 Å². The lowest BCUT2D eigenvalue weighted by Gasteiger charge is -2.20. The summed E-state index contributed by atoms with van der Waals surface area (Å²) in [4.78, 5) is 26.4. The summed E-state index contributed by atoms with van der Waals surface area (Å²) < 4.78 is 0. The lowest BCUT2D eigenvalue weighted by atomic mass is 9.98. The molecule has 0 spiro atoms. The second kappa shape index (κ2) is 6.56. The van der Waals surface area contributed by atoms with Gasteiger partial charge in [-0.05, 0) is 42.4 Å². The number of rotatable bonds is 4. The summed E-state index contributed by atoms with van der Waals surface area (Å²) in [6.07, 6.45) is 4.05. The molecule has 1 aromatic heterocycles. The van der Waals surface area contributed by atoms with Gasteiger partial charge >= 0.3 is 5.97 Å². The molecular weight excluding hydrogens is 264 g/mol. The molecule has 1 amide bonds. The number of pyridine rings is 1. The Hall–Kier alpha value is -1.56. The highest BCUT2D eigenvalue weighted by atomic mass is 32.2. The summed E-state index contributed by atoms with van der Waals surface area (Å²) in [7, 11) is 0. The third-order valence-electron chi connectivity index (χ3n) is 3.08. The van der Waals surface area contributed by atoms with Crippen molar-refractivity contribution in [3.8, 4) is 0 Å². The normalized spacial score (nSPS) is 16.0. The van der Waals surface area contributed by atoms with Gasteiger partial charge in [-0.3, -0.25) is 4.79 Å². The first-order chi connectivity index (χ1) is 9.15. The zero-order valence-corrected chi connectivity index (χ0v) is 11.3. The predicted molar refractivity (Wildman–Crippen MR) is 74.5 cm³/mol. The summed E-state index contributed by atoms with van der Waals surface area (Å²) in [6.45, 7) is 0. The largest absolute Gasteiger partial charge is 0.477 e. The number of carbonyl (C=O) groups is 2. The minimum atomic E-state index is -1.10. The number of hydrogen-bond donors (Lipinski definition) is 2.